The first-order valence-corrected chi connectivity index (χ1v) is 7.41. The highest BCUT2D eigenvalue weighted by molar-refractivity contribution is 5.84. The third-order valence-electron chi connectivity index (χ3n) is 3.50. The summed E-state index contributed by atoms with van der Waals surface area (Å²) in [6, 6.07) is 11.6. The molecule has 3 aromatic rings. The first kappa shape index (κ1) is 15.2. The van der Waals surface area contributed by atoms with Crippen molar-refractivity contribution in [1.29, 1.82) is 0 Å². The number of carbonyl (C=O) groups is 1. The predicted molar refractivity (Wildman–Crippen MR) is 87.8 cm³/mol. The van der Waals surface area contributed by atoms with Gasteiger partial charge in [-0.1, -0.05) is 12.1 Å². The molecule has 0 bridgehead atoms. The van der Waals surface area contributed by atoms with E-state index >= 15 is 0 Å². The van der Waals surface area contributed by atoms with E-state index in [1.54, 1.807) is 19.5 Å². The number of hydrogen-bond acceptors (Lipinski definition) is 4. The average molecular weight is 310 g/mol. The number of fused-ring (bicyclic) bond motifs is 1. The molecular weight excluding hydrogens is 292 g/mol. The zero-order valence-corrected chi connectivity index (χ0v) is 12.9. The highest BCUT2D eigenvalue weighted by Crippen LogP contribution is 2.23. The topological polar surface area (TPSA) is 69.0 Å². The van der Waals surface area contributed by atoms with E-state index in [-0.39, 0.29) is 12.5 Å². The number of hydrogen-bond donors (Lipinski definition) is 1. The summed E-state index contributed by atoms with van der Waals surface area (Å²) in [4.78, 5) is 21.0. The van der Waals surface area contributed by atoms with Crippen LogP contribution in [0, 0.1) is 0 Å². The SMILES string of the molecule is COCCNC(=O)Cn1c(-c2cccnc2)nc2ccccc21. The van der Waals surface area contributed by atoms with Gasteiger partial charge in [0.1, 0.15) is 12.4 Å². The zero-order valence-electron chi connectivity index (χ0n) is 12.9. The summed E-state index contributed by atoms with van der Waals surface area (Å²) in [7, 11) is 1.61. The van der Waals surface area contributed by atoms with Gasteiger partial charge in [0.15, 0.2) is 0 Å². The minimum atomic E-state index is -0.0738. The second kappa shape index (κ2) is 7.02. The normalized spacial score (nSPS) is 10.8. The van der Waals surface area contributed by atoms with Gasteiger partial charge in [0.25, 0.3) is 0 Å². The Kier molecular flexibility index (Phi) is 4.63. The summed E-state index contributed by atoms with van der Waals surface area (Å²) >= 11 is 0. The molecule has 0 atom stereocenters. The Morgan fingerprint density at radius 1 is 1.26 bits per heavy atom. The van der Waals surface area contributed by atoms with Crippen molar-refractivity contribution >= 4 is 16.9 Å². The van der Waals surface area contributed by atoms with Crippen LogP contribution in [-0.4, -0.2) is 40.7 Å². The number of benzene rings is 1. The number of carbonyl (C=O) groups excluding carboxylic acids is 1. The van der Waals surface area contributed by atoms with Gasteiger partial charge in [0.05, 0.1) is 17.6 Å². The molecule has 2 heterocycles. The van der Waals surface area contributed by atoms with Gasteiger partial charge in [-0.25, -0.2) is 4.98 Å². The molecule has 0 spiro atoms. The molecule has 0 aliphatic rings. The van der Waals surface area contributed by atoms with Gasteiger partial charge in [-0.05, 0) is 24.3 Å². The predicted octanol–water partition coefficient (Wildman–Crippen LogP) is 1.86. The van der Waals surface area contributed by atoms with E-state index in [9.17, 15) is 4.79 Å². The van der Waals surface area contributed by atoms with Gasteiger partial charge in [0, 0.05) is 31.6 Å². The van der Waals surface area contributed by atoms with Gasteiger partial charge in [-0.2, -0.15) is 0 Å². The number of amides is 1. The Morgan fingerprint density at radius 3 is 2.91 bits per heavy atom. The number of nitrogens with one attached hydrogen (secondary N) is 1. The summed E-state index contributed by atoms with van der Waals surface area (Å²) in [5.74, 6) is 0.663. The summed E-state index contributed by atoms with van der Waals surface area (Å²) in [5.41, 5.74) is 2.66. The van der Waals surface area contributed by atoms with E-state index < -0.39 is 0 Å². The van der Waals surface area contributed by atoms with Gasteiger partial charge in [-0.15, -0.1) is 0 Å². The van der Waals surface area contributed by atoms with Gasteiger partial charge in [0.2, 0.25) is 5.91 Å². The molecule has 6 nitrogen and oxygen atoms in total. The number of nitrogens with zero attached hydrogens (tertiary/aromatic N) is 3. The fraction of sp³-hybridized carbons (Fsp3) is 0.235. The van der Waals surface area contributed by atoms with E-state index in [0.29, 0.717) is 13.2 Å². The van der Waals surface area contributed by atoms with Crippen molar-refractivity contribution in [2.24, 2.45) is 0 Å². The molecule has 1 aromatic carbocycles. The minimum Gasteiger partial charge on any atom is -0.383 e. The first-order chi connectivity index (χ1) is 11.3. The van der Waals surface area contributed by atoms with E-state index in [1.165, 1.54) is 0 Å². The molecule has 0 aliphatic carbocycles. The molecule has 0 fully saturated rings. The van der Waals surface area contributed by atoms with Crippen LogP contribution in [0.25, 0.3) is 22.4 Å². The van der Waals surface area contributed by atoms with Crippen molar-refractivity contribution in [2.45, 2.75) is 6.54 Å². The lowest BCUT2D eigenvalue weighted by Crippen LogP contribution is -2.30. The van der Waals surface area contributed by atoms with Crippen LogP contribution in [0.3, 0.4) is 0 Å². The molecule has 6 heteroatoms. The molecule has 0 aliphatic heterocycles. The highest BCUT2D eigenvalue weighted by Gasteiger charge is 2.14. The molecule has 0 saturated heterocycles. The lowest BCUT2D eigenvalue weighted by atomic mass is 10.2. The number of pyridine rings is 1. The Labute approximate surface area is 134 Å². The number of imidazole rings is 1. The van der Waals surface area contributed by atoms with Crippen molar-refractivity contribution in [3.63, 3.8) is 0 Å². The van der Waals surface area contributed by atoms with Gasteiger partial charge >= 0.3 is 0 Å². The third-order valence-corrected chi connectivity index (χ3v) is 3.50. The van der Waals surface area contributed by atoms with Crippen LogP contribution in [0.4, 0.5) is 0 Å². The van der Waals surface area contributed by atoms with Gasteiger partial charge in [-0.3, -0.25) is 9.78 Å². The summed E-state index contributed by atoms with van der Waals surface area (Å²) in [6.45, 7) is 1.19. The fourth-order valence-corrected chi connectivity index (χ4v) is 2.44. The Morgan fingerprint density at radius 2 is 2.13 bits per heavy atom. The quantitative estimate of drug-likeness (QED) is 0.706. The molecule has 0 saturated carbocycles. The van der Waals surface area contributed by atoms with E-state index in [1.807, 2.05) is 41.0 Å². The summed E-state index contributed by atoms with van der Waals surface area (Å²) in [5, 5.41) is 2.84. The monoisotopic (exact) mass is 310 g/mol. The standard InChI is InChI=1S/C17H18N4O2/c1-23-10-9-19-16(22)12-21-15-7-3-2-6-14(15)20-17(21)13-5-4-8-18-11-13/h2-8,11H,9-10,12H2,1H3,(H,19,22). The number of ether oxygens (including phenoxy) is 1. The molecule has 23 heavy (non-hydrogen) atoms. The molecule has 118 valence electrons. The van der Waals surface area contributed by atoms with Crippen molar-refractivity contribution in [3.05, 3.63) is 48.8 Å². The zero-order chi connectivity index (χ0) is 16.1. The van der Waals surface area contributed by atoms with E-state index in [0.717, 1.165) is 22.4 Å². The smallest absolute Gasteiger partial charge is 0.240 e. The maximum Gasteiger partial charge on any atom is 0.240 e. The highest BCUT2D eigenvalue weighted by atomic mass is 16.5. The summed E-state index contributed by atoms with van der Waals surface area (Å²) < 4.78 is 6.86. The summed E-state index contributed by atoms with van der Waals surface area (Å²) in [6.07, 6.45) is 3.47. The lowest BCUT2D eigenvalue weighted by molar-refractivity contribution is -0.121. The second-order valence-corrected chi connectivity index (χ2v) is 5.09. The minimum absolute atomic E-state index is 0.0738. The van der Waals surface area contributed by atoms with Crippen LogP contribution in [0.1, 0.15) is 0 Å². The van der Waals surface area contributed by atoms with Crippen LogP contribution in [0.2, 0.25) is 0 Å². The molecular formula is C17H18N4O2. The van der Waals surface area contributed by atoms with E-state index in [2.05, 4.69) is 15.3 Å². The van der Waals surface area contributed by atoms with Crippen molar-refractivity contribution in [2.75, 3.05) is 20.3 Å². The second-order valence-electron chi connectivity index (χ2n) is 5.09. The number of methoxy groups -OCH3 is 1. The maximum atomic E-state index is 12.2. The van der Waals surface area contributed by atoms with Crippen molar-refractivity contribution in [3.8, 4) is 11.4 Å². The van der Waals surface area contributed by atoms with Crippen LogP contribution < -0.4 is 5.32 Å². The molecule has 1 amide bonds. The molecule has 1 N–H and O–H groups in total. The van der Waals surface area contributed by atoms with Gasteiger partial charge < -0.3 is 14.6 Å². The van der Waals surface area contributed by atoms with Crippen molar-refractivity contribution < 1.29 is 9.53 Å². The molecule has 0 unspecified atom stereocenters. The average Bonchev–Trinajstić information content (AvgIpc) is 2.95. The first-order valence-electron chi connectivity index (χ1n) is 7.41. The fourth-order valence-electron chi connectivity index (χ4n) is 2.44. The van der Waals surface area contributed by atoms with Crippen LogP contribution in [0.5, 0.6) is 0 Å². The Bertz CT molecular complexity index is 799. The largest absolute Gasteiger partial charge is 0.383 e. The third kappa shape index (κ3) is 3.37. The Hall–Kier alpha value is -2.73. The Balaban J connectivity index is 1.95. The van der Waals surface area contributed by atoms with E-state index in [4.69, 9.17) is 4.74 Å². The maximum absolute atomic E-state index is 12.2. The van der Waals surface area contributed by atoms with Crippen LogP contribution in [0.15, 0.2) is 48.8 Å². The number of para-hydroxylation sites is 2. The number of aromatic nitrogens is 3. The van der Waals surface area contributed by atoms with Crippen LogP contribution >= 0.6 is 0 Å². The molecule has 3 rings (SSSR count). The molecule has 2 aromatic heterocycles. The van der Waals surface area contributed by atoms with Crippen molar-refractivity contribution in [1.82, 2.24) is 19.9 Å². The molecule has 0 radical (unpaired) electrons. The lowest BCUT2D eigenvalue weighted by Gasteiger charge is -2.09. The number of rotatable bonds is 6. The van der Waals surface area contributed by atoms with Crippen LogP contribution in [-0.2, 0) is 16.1 Å².